The molecule has 1 N–H and O–H groups in total. The summed E-state index contributed by atoms with van der Waals surface area (Å²) in [5.41, 5.74) is 3.91. The molecule has 0 aliphatic carbocycles. The molecule has 3 rings (SSSR count). The van der Waals surface area contributed by atoms with Crippen molar-refractivity contribution in [2.24, 2.45) is 0 Å². The van der Waals surface area contributed by atoms with Crippen LogP contribution in [0.3, 0.4) is 0 Å². The predicted molar refractivity (Wildman–Crippen MR) is 103 cm³/mol. The van der Waals surface area contributed by atoms with Gasteiger partial charge < -0.3 is 5.11 Å². The van der Waals surface area contributed by atoms with Crippen LogP contribution in [0.5, 0.6) is 5.75 Å². The van der Waals surface area contributed by atoms with Crippen molar-refractivity contribution in [3.8, 4) is 11.4 Å². The summed E-state index contributed by atoms with van der Waals surface area (Å²) in [6.45, 7) is 12.8. The molecule has 0 radical (unpaired) electrons. The first-order valence-corrected chi connectivity index (χ1v) is 8.75. The summed E-state index contributed by atoms with van der Waals surface area (Å²) in [6.07, 6.45) is 0. The average molecular weight is 358 g/mol. The molecule has 0 aliphatic rings. The van der Waals surface area contributed by atoms with Gasteiger partial charge in [0.25, 0.3) is 0 Å². The third kappa shape index (κ3) is 3.36. The van der Waals surface area contributed by atoms with Crippen LogP contribution in [0.2, 0.25) is 5.02 Å². The topological polar surface area (TPSA) is 50.9 Å². The molecule has 0 spiro atoms. The molecular formula is C20H24ClN3O. The van der Waals surface area contributed by atoms with Gasteiger partial charge in [0.15, 0.2) is 0 Å². The van der Waals surface area contributed by atoms with Crippen LogP contribution in [0.4, 0.5) is 0 Å². The minimum Gasteiger partial charge on any atom is -0.506 e. The van der Waals surface area contributed by atoms with Crippen molar-refractivity contribution in [3.63, 3.8) is 0 Å². The Hall–Kier alpha value is -2.07. The van der Waals surface area contributed by atoms with Gasteiger partial charge in [-0.2, -0.15) is 0 Å². The Labute approximate surface area is 153 Å². The first kappa shape index (κ1) is 17.7. The molecule has 0 bridgehead atoms. The summed E-state index contributed by atoms with van der Waals surface area (Å²) in [6, 6.07) is 9.36. The van der Waals surface area contributed by atoms with Crippen LogP contribution >= 0.6 is 11.6 Å². The second-order valence-corrected chi connectivity index (χ2v) is 8.95. The van der Waals surface area contributed by atoms with Crippen molar-refractivity contribution < 1.29 is 5.11 Å². The minimum atomic E-state index is -0.175. The van der Waals surface area contributed by atoms with Crippen molar-refractivity contribution in [2.75, 3.05) is 0 Å². The van der Waals surface area contributed by atoms with Gasteiger partial charge in [0.05, 0.1) is 0 Å². The highest BCUT2D eigenvalue weighted by molar-refractivity contribution is 6.31. The number of fused-ring (bicyclic) bond motifs is 1. The maximum Gasteiger partial charge on any atom is 0.143 e. The second-order valence-electron chi connectivity index (χ2n) is 8.51. The second kappa shape index (κ2) is 5.73. The first-order valence-electron chi connectivity index (χ1n) is 8.38. The Kier molecular flexibility index (Phi) is 4.07. The Bertz CT molecular complexity index is 946. The summed E-state index contributed by atoms with van der Waals surface area (Å²) in [5, 5.41) is 20.5. The standard InChI is InChI=1S/C20H24ClN3O/c1-19(2,3)12-9-14(20(4,5)6)18(17(25)10-12)24-22-15-8-7-13(21)11-16(15)23-24/h7-11,25H,1-6H3. The van der Waals surface area contributed by atoms with E-state index in [4.69, 9.17) is 11.6 Å². The molecule has 4 nitrogen and oxygen atoms in total. The summed E-state index contributed by atoms with van der Waals surface area (Å²) in [5.74, 6) is 0.184. The van der Waals surface area contributed by atoms with E-state index in [1.807, 2.05) is 12.1 Å². The SMILES string of the molecule is CC(C)(C)c1cc(O)c(-n2nc3ccc(Cl)cc3n2)c(C(C)(C)C)c1. The van der Waals surface area contributed by atoms with Crippen molar-refractivity contribution in [3.05, 3.63) is 46.5 Å². The number of aromatic hydroxyl groups is 1. The highest BCUT2D eigenvalue weighted by Gasteiger charge is 2.27. The third-order valence-corrected chi connectivity index (χ3v) is 4.54. The van der Waals surface area contributed by atoms with Crippen LogP contribution in [0, 0.1) is 0 Å². The van der Waals surface area contributed by atoms with Crippen LogP contribution in [-0.2, 0) is 10.8 Å². The molecule has 1 heterocycles. The van der Waals surface area contributed by atoms with Crippen molar-refractivity contribution in [1.29, 1.82) is 0 Å². The fourth-order valence-corrected chi connectivity index (χ4v) is 2.99. The Morgan fingerprint density at radius 2 is 1.52 bits per heavy atom. The molecule has 132 valence electrons. The lowest BCUT2D eigenvalue weighted by Crippen LogP contribution is -2.20. The molecule has 0 saturated heterocycles. The molecule has 1 aromatic heterocycles. The molecule has 3 aromatic rings. The zero-order valence-corrected chi connectivity index (χ0v) is 16.3. The van der Waals surface area contributed by atoms with Crippen LogP contribution < -0.4 is 0 Å². The van der Waals surface area contributed by atoms with Gasteiger partial charge in [-0.15, -0.1) is 15.0 Å². The Balaban J connectivity index is 2.30. The van der Waals surface area contributed by atoms with E-state index in [-0.39, 0.29) is 16.6 Å². The Morgan fingerprint density at radius 1 is 0.880 bits per heavy atom. The zero-order chi connectivity index (χ0) is 18.6. The van der Waals surface area contributed by atoms with E-state index in [2.05, 4.69) is 57.8 Å². The van der Waals surface area contributed by atoms with Crippen molar-refractivity contribution in [1.82, 2.24) is 15.0 Å². The van der Waals surface area contributed by atoms with E-state index >= 15 is 0 Å². The van der Waals surface area contributed by atoms with Gasteiger partial charge in [-0.25, -0.2) is 0 Å². The molecule has 25 heavy (non-hydrogen) atoms. The largest absolute Gasteiger partial charge is 0.506 e. The summed E-state index contributed by atoms with van der Waals surface area (Å²) in [7, 11) is 0. The normalized spacial score (nSPS) is 12.8. The maximum atomic E-state index is 10.8. The number of phenols is 1. The maximum absolute atomic E-state index is 10.8. The molecule has 0 saturated carbocycles. The van der Waals surface area contributed by atoms with Crippen LogP contribution in [0.1, 0.15) is 52.7 Å². The van der Waals surface area contributed by atoms with Crippen LogP contribution in [-0.4, -0.2) is 20.1 Å². The van der Waals surface area contributed by atoms with E-state index in [1.54, 1.807) is 12.1 Å². The van der Waals surface area contributed by atoms with Crippen molar-refractivity contribution in [2.45, 2.75) is 52.4 Å². The molecular weight excluding hydrogens is 334 g/mol. The van der Waals surface area contributed by atoms with E-state index in [1.165, 1.54) is 4.80 Å². The van der Waals surface area contributed by atoms with Gasteiger partial charge >= 0.3 is 0 Å². The van der Waals surface area contributed by atoms with Gasteiger partial charge in [-0.3, -0.25) is 0 Å². The fraction of sp³-hybridized carbons (Fsp3) is 0.400. The molecule has 0 atom stereocenters. The first-order chi connectivity index (χ1) is 11.5. The number of hydrogen-bond donors (Lipinski definition) is 1. The van der Waals surface area contributed by atoms with Gasteiger partial charge in [-0.1, -0.05) is 59.2 Å². The molecule has 0 fully saturated rings. The van der Waals surface area contributed by atoms with Gasteiger partial charge in [0, 0.05) is 5.02 Å². The monoisotopic (exact) mass is 357 g/mol. The lowest BCUT2D eigenvalue weighted by Gasteiger charge is -2.27. The van der Waals surface area contributed by atoms with E-state index in [0.29, 0.717) is 16.2 Å². The molecule has 2 aromatic carbocycles. The van der Waals surface area contributed by atoms with Gasteiger partial charge in [0.1, 0.15) is 22.5 Å². The number of phenolic OH excluding ortho intramolecular Hbond substituents is 1. The lowest BCUT2D eigenvalue weighted by molar-refractivity contribution is 0.456. The number of halogens is 1. The molecule has 0 unspecified atom stereocenters. The van der Waals surface area contributed by atoms with Crippen LogP contribution in [0.15, 0.2) is 30.3 Å². The van der Waals surface area contributed by atoms with Gasteiger partial charge in [-0.05, 0) is 46.2 Å². The van der Waals surface area contributed by atoms with Gasteiger partial charge in [0.2, 0.25) is 0 Å². The van der Waals surface area contributed by atoms with E-state index in [9.17, 15) is 5.11 Å². The Morgan fingerprint density at radius 3 is 2.12 bits per heavy atom. The number of benzene rings is 2. The lowest BCUT2D eigenvalue weighted by atomic mass is 9.79. The van der Waals surface area contributed by atoms with Crippen LogP contribution in [0.25, 0.3) is 16.7 Å². The van der Waals surface area contributed by atoms with Crippen molar-refractivity contribution >= 4 is 22.6 Å². The van der Waals surface area contributed by atoms with E-state index in [0.717, 1.165) is 16.6 Å². The minimum absolute atomic E-state index is 0.0637. The molecule has 5 heteroatoms. The fourth-order valence-electron chi connectivity index (χ4n) is 2.82. The zero-order valence-electron chi connectivity index (χ0n) is 15.6. The predicted octanol–water partition coefficient (Wildman–Crippen LogP) is 5.37. The quantitative estimate of drug-likeness (QED) is 0.636. The summed E-state index contributed by atoms with van der Waals surface area (Å²) < 4.78 is 0. The molecule has 0 amide bonds. The highest BCUT2D eigenvalue weighted by atomic mass is 35.5. The number of rotatable bonds is 1. The average Bonchev–Trinajstić information content (AvgIpc) is 2.86. The number of nitrogens with zero attached hydrogens (tertiary/aromatic N) is 3. The number of hydrogen-bond acceptors (Lipinski definition) is 3. The smallest absolute Gasteiger partial charge is 0.143 e. The summed E-state index contributed by atoms with van der Waals surface area (Å²) in [4.78, 5) is 1.52. The van der Waals surface area contributed by atoms with E-state index < -0.39 is 0 Å². The summed E-state index contributed by atoms with van der Waals surface area (Å²) >= 11 is 6.05. The highest BCUT2D eigenvalue weighted by Crippen LogP contribution is 2.38. The molecule has 0 aliphatic heterocycles. The number of aromatic nitrogens is 3. The third-order valence-electron chi connectivity index (χ3n) is 4.31.